The van der Waals surface area contributed by atoms with Gasteiger partial charge in [-0.25, -0.2) is 0 Å². The molecule has 0 bridgehead atoms. The lowest BCUT2D eigenvalue weighted by Gasteiger charge is -2.29. The van der Waals surface area contributed by atoms with Crippen molar-refractivity contribution in [3.05, 3.63) is 39.8 Å². The zero-order valence-electron chi connectivity index (χ0n) is 15.6. The molecular formula is C18H20N6O5. The Morgan fingerprint density at radius 1 is 1.34 bits per heavy atom. The summed E-state index contributed by atoms with van der Waals surface area (Å²) in [6.45, 7) is 0.777. The van der Waals surface area contributed by atoms with Gasteiger partial charge >= 0.3 is 0 Å². The molecule has 2 aliphatic heterocycles. The largest absolute Gasteiger partial charge is 0.381 e. The molecule has 0 spiro atoms. The standard InChI is InChI=1S/C18H20N6O5/c19-23-20-7-9-29-8-6-16(26)21-13-3-1-2-11-12(13)10-24(18(11)28)14-4-5-15(25)22-17(14)27/h1-3,14H,4-10H2,(H,21,26)(H,22,25,27). The van der Waals surface area contributed by atoms with Gasteiger partial charge in [0.05, 0.1) is 19.6 Å². The summed E-state index contributed by atoms with van der Waals surface area (Å²) in [7, 11) is 0. The molecule has 0 saturated carbocycles. The monoisotopic (exact) mass is 400 g/mol. The summed E-state index contributed by atoms with van der Waals surface area (Å²) in [6.07, 6.45) is 0.559. The van der Waals surface area contributed by atoms with Gasteiger partial charge in [-0.05, 0) is 24.1 Å². The normalized spacial score (nSPS) is 18.1. The van der Waals surface area contributed by atoms with Crippen LogP contribution in [0.5, 0.6) is 0 Å². The molecule has 0 aromatic heterocycles. The van der Waals surface area contributed by atoms with Crippen LogP contribution in [0, 0.1) is 0 Å². The lowest BCUT2D eigenvalue weighted by atomic mass is 10.0. The summed E-state index contributed by atoms with van der Waals surface area (Å²) >= 11 is 0. The maximum atomic E-state index is 12.8. The Kier molecular flexibility index (Phi) is 6.43. The number of carbonyl (C=O) groups is 4. The molecule has 1 aromatic carbocycles. The number of benzene rings is 1. The maximum Gasteiger partial charge on any atom is 0.255 e. The van der Waals surface area contributed by atoms with Crippen molar-refractivity contribution in [2.24, 2.45) is 5.11 Å². The van der Waals surface area contributed by atoms with Crippen LogP contribution in [0.4, 0.5) is 5.69 Å². The summed E-state index contributed by atoms with van der Waals surface area (Å²) < 4.78 is 5.21. The minimum atomic E-state index is -0.708. The van der Waals surface area contributed by atoms with Crippen LogP contribution in [0.25, 0.3) is 10.4 Å². The average molecular weight is 400 g/mol. The van der Waals surface area contributed by atoms with Crippen LogP contribution in [0.15, 0.2) is 23.3 Å². The van der Waals surface area contributed by atoms with Gasteiger partial charge in [0.25, 0.3) is 5.91 Å². The fourth-order valence-corrected chi connectivity index (χ4v) is 3.33. The van der Waals surface area contributed by atoms with Crippen molar-refractivity contribution in [2.45, 2.75) is 31.8 Å². The third-order valence-corrected chi connectivity index (χ3v) is 4.73. The highest BCUT2D eigenvalue weighted by molar-refractivity contribution is 6.06. The number of anilines is 1. The number of azide groups is 1. The first-order valence-corrected chi connectivity index (χ1v) is 9.16. The molecule has 11 heteroatoms. The minimum absolute atomic E-state index is 0.102. The van der Waals surface area contributed by atoms with Crippen molar-refractivity contribution in [2.75, 3.05) is 25.1 Å². The van der Waals surface area contributed by atoms with Gasteiger partial charge < -0.3 is 15.0 Å². The smallest absolute Gasteiger partial charge is 0.255 e. The van der Waals surface area contributed by atoms with Gasteiger partial charge in [-0.1, -0.05) is 11.2 Å². The fourth-order valence-electron chi connectivity index (χ4n) is 3.33. The van der Waals surface area contributed by atoms with Gasteiger partial charge in [-0.3, -0.25) is 24.5 Å². The van der Waals surface area contributed by atoms with E-state index in [2.05, 4.69) is 20.7 Å². The molecule has 0 aliphatic carbocycles. The highest BCUT2D eigenvalue weighted by atomic mass is 16.5. The Morgan fingerprint density at radius 2 is 2.17 bits per heavy atom. The molecule has 29 heavy (non-hydrogen) atoms. The number of ether oxygens (including phenoxy) is 1. The molecular weight excluding hydrogens is 380 g/mol. The zero-order chi connectivity index (χ0) is 20.8. The van der Waals surface area contributed by atoms with Gasteiger partial charge in [-0.2, -0.15) is 0 Å². The van der Waals surface area contributed by atoms with E-state index in [9.17, 15) is 19.2 Å². The van der Waals surface area contributed by atoms with Crippen LogP contribution in [0.2, 0.25) is 0 Å². The van der Waals surface area contributed by atoms with Gasteiger partial charge in [0.15, 0.2) is 0 Å². The molecule has 2 aliphatic rings. The molecule has 3 rings (SSSR count). The highest BCUT2D eigenvalue weighted by Gasteiger charge is 2.39. The predicted molar refractivity (Wildman–Crippen MR) is 101 cm³/mol. The van der Waals surface area contributed by atoms with Crippen molar-refractivity contribution >= 4 is 29.3 Å². The SMILES string of the molecule is [N-]=[N+]=NCCOCCC(=O)Nc1cccc2c1CN(C1CCC(=O)NC1=O)C2=O. The van der Waals surface area contributed by atoms with E-state index < -0.39 is 11.9 Å². The lowest BCUT2D eigenvalue weighted by Crippen LogP contribution is -2.52. The van der Waals surface area contributed by atoms with Crippen LogP contribution in [-0.4, -0.2) is 54.3 Å². The second-order valence-corrected chi connectivity index (χ2v) is 6.60. The summed E-state index contributed by atoms with van der Waals surface area (Å²) in [5.41, 5.74) is 9.74. The summed E-state index contributed by atoms with van der Waals surface area (Å²) in [5.74, 6) is -1.41. The van der Waals surface area contributed by atoms with Gasteiger partial charge in [0.1, 0.15) is 6.04 Å². The first kappa shape index (κ1) is 20.3. The molecule has 1 saturated heterocycles. The molecule has 152 valence electrons. The molecule has 2 heterocycles. The summed E-state index contributed by atoms with van der Waals surface area (Å²) in [5, 5.41) is 8.36. The van der Waals surface area contributed by atoms with E-state index in [1.807, 2.05) is 0 Å². The van der Waals surface area contributed by atoms with E-state index in [-0.39, 0.29) is 63.3 Å². The number of hydrogen-bond acceptors (Lipinski definition) is 6. The molecule has 1 aromatic rings. The molecule has 1 atom stereocenters. The molecule has 11 nitrogen and oxygen atoms in total. The molecule has 0 radical (unpaired) electrons. The molecule has 4 amide bonds. The van der Waals surface area contributed by atoms with Crippen LogP contribution < -0.4 is 10.6 Å². The second-order valence-electron chi connectivity index (χ2n) is 6.60. The quantitative estimate of drug-likeness (QED) is 0.220. The lowest BCUT2D eigenvalue weighted by molar-refractivity contribution is -0.137. The third kappa shape index (κ3) is 4.71. The van der Waals surface area contributed by atoms with E-state index in [1.54, 1.807) is 18.2 Å². The van der Waals surface area contributed by atoms with Crippen molar-refractivity contribution < 1.29 is 23.9 Å². The predicted octanol–water partition coefficient (Wildman–Crippen LogP) is 1.10. The van der Waals surface area contributed by atoms with Crippen LogP contribution in [0.1, 0.15) is 35.2 Å². The van der Waals surface area contributed by atoms with Crippen LogP contribution in [-0.2, 0) is 25.7 Å². The van der Waals surface area contributed by atoms with Crippen molar-refractivity contribution in [1.82, 2.24) is 10.2 Å². The van der Waals surface area contributed by atoms with Crippen LogP contribution >= 0.6 is 0 Å². The first-order chi connectivity index (χ1) is 14.0. The number of amides is 4. The van der Waals surface area contributed by atoms with E-state index in [0.29, 0.717) is 16.8 Å². The molecule has 2 N–H and O–H groups in total. The Bertz CT molecular complexity index is 895. The van der Waals surface area contributed by atoms with Gasteiger partial charge in [0.2, 0.25) is 17.7 Å². The number of carbonyl (C=O) groups excluding carboxylic acids is 4. The van der Waals surface area contributed by atoms with E-state index >= 15 is 0 Å². The number of piperidine rings is 1. The van der Waals surface area contributed by atoms with E-state index in [0.717, 1.165) is 0 Å². The number of imide groups is 1. The number of rotatable bonds is 8. The zero-order valence-corrected chi connectivity index (χ0v) is 15.6. The average Bonchev–Trinajstić information content (AvgIpc) is 3.02. The highest BCUT2D eigenvalue weighted by Crippen LogP contribution is 2.32. The number of nitrogens with one attached hydrogen (secondary N) is 2. The number of fused-ring (bicyclic) bond motifs is 1. The van der Waals surface area contributed by atoms with Crippen molar-refractivity contribution in [3.8, 4) is 0 Å². The fraction of sp³-hybridized carbons (Fsp3) is 0.444. The third-order valence-electron chi connectivity index (χ3n) is 4.73. The Labute approximate surface area is 166 Å². The minimum Gasteiger partial charge on any atom is -0.381 e. The Hall–Kier alpha value is -3.43. The number of hydrogen-bond donors (Lipinski definition) is 2. The van der Waals surface area contributed by atoms with Crippen molar-refractivity contribution in [1.29, 1.82) is 0 Å². The Balaban J connectivity index is 1.61. The van der Waals surface area contributed by atoms with Crippen LogP contribution in [0.3, 0.4) is 0 Å². The van der Waals surface area contributed by atoms with Gasteiger partial charge in [-0.15, -0.1) is 0 Å². The van der Waals surface area contributed by atoms with E-state index in [1.165, 1.54) is 4.90 Å². The summed E-state index contributed by atoms with van der Waals surface area (Å²) in [4.78, 5) is 52.5. The molecule has 1 unspecified atom stereocenters. The maximum absolute atomic E-state index is 12.8. The van der Waals surface area contributed by atoms with E-state index in [4.69, 9.17) is 10.3 Å². The number of nitrogens with zero attached hydrogens (tertiary/aromatic N) is 4. The topological polar surface area (TPSA) is 154 Å². The van der Waals surface area contributed by atoms with Crippen molar-refractivity contribution in [3.63, 3.8) is 0 Å². The van der Waals surface area contributed by atoms with Gasteiger partial charge in [0, 0.05) is 41.2 Å². The molecule has 1 fully saturated rings. The first-order valence-electron chi connectivity index (χ1n) is 9.16. The second kappa shape index (κ2) is 9.18. The Morgan fingerprint density at radius 3 is 2.93 bits per heavy atom. The summed E-state index contributed by atoms with van der Waals surface area (Å²) in [6, 6.07) is 4.30.